The molecule has 2 heterocycles. The smallest absolute Gasteiger partial charge is 0.308 e. The van der Waals surface area contributed by atoms with Crippen LogP contribution < -0.4 is 10.6 Å². The number of nitrogens with one attached hydrogen (secondary N) is 2. The Bertz CT molecular complexity index is 1190. The molecule has 2 amide bonds. The van der Waals surface area contributed by atoms with Crippen molar-refractivity contribution in [3.8, 4) is 0 Å². The minimum atomic E-state index is -0.539. The van der Waals surface area contributed by atoms with Crippen LogP contribution in [0.3, 0.4) is 0 Å². The van der Waals surface area contributed by atoms with Crippen molar-refractivity contribution in [2.24, 2.45) is 0 Å². The van der Waals surface area contributed by atoms with Crippen LogP contribution in [0.15, 0.2) is 79.1 Å². The van der Waals surface area contributed by atoms with E-state index in [-0.39, 0.29) is 5.91 Å². The van der Waals surface area contributed by atoms with Crippen LogP contribution in [0.5, 0.6) is 0 Å². The van der Waals surface area contributed by atoms with Crippen molar-refractivity contribution in [3.05, 3.63) is 90.5 Å². The van der Waals surface area contributed by atoms with Crippen LogP contribution in [0.1, 0.15) is 10.4 Å². The van der Waals surface area contributed by atoms with E-state index >= 15 is 0 Å². The Kier molecular flexibility index (Phi) is 4.55. The normalized spacial score (nSPS) is 10.6. The van der Waals surface area contributed by atoms with E-state index < -0.39 is 11.8 Å². The Morgan fingerprint density at radius 2 is 1.64 bits per heavy atom. The fourth-order valence-corrected chi connectivity index (χ4v) is 2.86. The van der Waals surface area contributed by atoms with Gasteiger partial charge in [-0.25, -0.2) is 14.2 Å². The summed E-state index contributed by atoms with van der Waals surface area (Å²) in [6, 6.07) is 17.1. The molecular weight excluding hydrogens is 359 g/mol. The van der Waals surface area contributed by atoms with Gasteiger partial charge in [0.25, 0.3) is 5.91 Å². The van der Waals surface area contributed by atoms with Gasteiger partial charge in [-0.3, -0.25) is 9.36 Å². The number of fused-ring (bicyclic) bond motifs is 1. The summed E-state index contributed by atoms with van der Waals surface area (Å²) in [7, 11) is 0. The van der Waals surface area contributed by atoms with Gasteiger partial charge in [-0.15, -0.1) is 0 Å². The van der Waals surface area contributed by atoms with Crippen molar-refractivity contribution < 1.29 is 14.0 Å². The van der Waals surface area contributed by atoms with Crippen molar-refractivity contribution in [2.75, 3.05) is 10.6 Å². The lowest BCUT2D eigenvalue weighted by atomic mass is 10.2. The summed E-state index contributed by atoms with van der Waals surface area (Å²) in [6.45, 7) is 0. The third-order valence-electron chi connectivity index (χ3n) is 4.12. The number of aromatic nitrogens is 2. The van der Waals surface area contributed by atoms with E-state index in [0.29, 0.717) is 22.6 Å². The molecule has 2 aromatic carbocycles. The van der Waals surface area contributed by atoms with Gasteiger partial charge in [0.05, 0.1) is 0 Å². The Morgan fingerprint density at radius 3 is 2.43 bits per heavy atom. The summed E-state index contributed by atoms with van der Waals surface area (Å²) in [6.07, 6.45) is 3.29. The number of nitrogens with zero attached hydrogens (tertiary/aromatic N) is 2. The summed E-state index contributed by atoms with van der Waals surface area (Å²) in [5, 5.41) is 6.04. The number of hydrogen-bond acceptors (Lipinski definition) is 3. The maximum atomic E-state index is 13.2. The molecule has 2 aromatic heterocycles. The van der Waals surface area contributed by atoms with Gasteiger partial charge in [-0.1, -0.05) is 12.1 Å². The summed E-state index contributed by atoms with van der Waals surface area (Å²) >= 11 is 0. The minimum Gasteiger partial charge on any atom is -0.308 e. The topological polar surface area (TPSA) is 76.0 Å². The lowest BCUT2D eigenvalue weighted by Gasteiger charge is -2.09. The van der Waals surface area contributed by atoms with Crippen LogP contribution in [-0.2, 0) is 0 Å². The average Bonchev–Trinajstić information content (AvgIpc) is 3.11. The van der Waals surface area contributed by atoms with E-state index in [9.17, 15) is 14.0 Å². The van der Waals surface area contributed by atoms with Gasteiger partial charge in [0, 0.05) is 34.7 Å². The molecule has 4 rings (SSSR count). The van der Waals surface area contributed by atoms with Gasteiger partial charge in [0.2, 0.25) is 0 Å². The molecule has 0 bridgehead atoms. The lowest BCUT2D eigenvalue weighted by Crippen LogP contribution is -2.20. The number of benzene rings is 2. The van der Waals surface area contributed by atoms with E-state index in [1.807, 2.05) is 12.1 Å². The first-order valence-electron chi connectivity index (χ1n) is 8.50. The summed E-state index contributed by atoms with van der Waals surface area (Å²) in [4.78, 5) is 29.2. The molecule has 0 aliphatic carbocycles. The first-order chi connectivity index (χ1) is 13.6. The third kappa shape index (κ3) is 3.59. The molecule has 0 aliphatic heterocycles. The summed E-state index contributed by atoms with van der Waals surface area (Å²) in [5.41, 5.74) is 1.72. The molecule has 0 atom stereocenters. The predicted molar refractivity (Wildman–Crippen MR) is 105 cm³/mol. The second kappa shape index (κ2) is 7.32. The molecule has 0 fully saturated rings. The zero-order valence-electron chi connectivity index (χ0n) is 14.6. The highest BCUT2D eigenvalue weighted by atomic mass is 19.1. The number of amides is 2. The third-order valence-corrected chi connectivity index (χ3v) is 4.12. The zero-order chi connectivity index (χ0) is 19.5. The van der Waals surface area contributed by atoms with Gasteiger partial charge in [-0.2, -0.15) is 0 Å². The Balaban J connectivity index is 1.52. The largest absolute Gasteiger partial charge is 0.323 e. The fraction of sp³-hybridized carbons (Fsp3) is 0. The SMILES string of the molecule is O=C(Nc1cccc(F)c1)Nc1cccc(C(=O)n2ccc3cccnc32)c1. The summed E-state index contributed by atoms with van der Waals surface area (Å²) < 4.78 is 14.7. The standard InChI is InChI=1S/C21H15FN4O2/c22-16-6-2-8-18(13-16)25-21(28)24-17-7-1-4-15(12-17)20(27)26-11-9-14-5-3-10-23-19(14)26/h1-13H,(H2,24,25,28). The van der Waals surface area contributed by atoms with E-state index in [1.54, 1.807) is 48.8 Å². The van der Waals surface area contributed by atoms with E-state index in [1.165, 1.54) is 22.8 Å². The van der Waals surface area contributed by atoms with Crippen LogP contribution in [0, 0.1) is 5.82 Å². The van der Waals surface area contributed by atoms with Crippen LogP contribution in [-0.4, -0.2) is 21.5 Å². The van der Waals surface area contributed by atoms with Gasteiger partial charge >= 0.3 is 6.03 Å². The number of carbonyl (C=O) groups is 2. The van der Waals surface area contributed by atoms with Gasteiger partial charge in [0.15, 0.2) is 0 Å². The molecule has 0 spiro atoms. The number of anilines is 2. The lowest BCUT2D eigenvalue weighted by molar-refractivity contribution is 0.0964. The van der Waals surface area contributed by atoms with E-state index in [0.717, 1.165) is 5.39 Å². The van der Waals surface area contributed by atoms with Gasteiger partial charge in [0.1, 0.15) is 11.5 Å². The van der Waals surface area contributed by atoms with Crippen LogP contribution in [0.4, 0.5) is 20.6 Å². The second-order valence-electron chi connectivity index (χ2n) is 6.08. The first-order valence-corrected chi connectivity index (χ1v) is 8.50. The van der Waals surface area contributed by atoms with Crippen molar-refractivity contribution in [3.63, 3.8) is 0 Å². The molecule has 0 unspecified atom stereocenters. The fourth-order valence-electron chi connectivity index (χ4n) is 2.86. The quantitative estimate of drug-likeness (QED) is 0.554. The molecule has 7 heteroatoms. The van der Waals surface area contributed by atoms with Gasteiger partial charge < -0.3 is 10.6 Å². The molecule has 0 radical (unpaired) electrons. The van der Waals surface area contributed by atoms with Crippen LogP contribution >= 0.6 is 0 Å². The molecule has 2 N–H and O–H groups in total. The highest BCUT2D eigenvalue weighted by molar-refractivity contribution is 6.03. The van der Waals surface area contributed by atoms with Gasteiger partial charge in [-0.05, 0) is 54.6 Å². The second-order valence-corrected chi connectivity index (χ2v) is 6.08. The molecule has 4 aromatic rings. The maximum absolute atomic E-state index is 13.2. The monoisotopic (exact) mass is 374 g/mol. The average molecular weight is 374 g/mol. The van der Waals surface area contributed by atoms with Crippen molar-refractivity contribution >= 4 is 34.3 Å². The summed E-state index contributed by atoms with van der Waals surface area (Å²) in [5.74, 6) is -0.708. The van der Waals surface area contributed by atoms with E-state index in [4.69, 9.17) is 0 Å². The minimum absolute atomic E-state index is 0.261. The number of hydrogen-bond donors (Lipinski definition) is 2. The molecule has 0 aliphatic rings. The number of halogens is 1. The molecule has 0 saturated heterocycles. The van der Waals surface area contributed by atoms with Crippen LogP contribution in [0.25, 0.3) is 11.0 Å². The van der Waals surface area contributed by atoms with E-state index in [2.05, 4.69) is 15.6 Å². The highest BCUT2D eigenvalue weighted by Gasteiger charge is 2.13. The number of carbonyl (C=O) groups excluding carboxylic acids is 2. The number of urea groups is 1. The van der Waals surface area contributed by atoms with Crippen molar-refractivity contribution in [2.45, 2.75) is 0 Å². The predicted octanol–water partition coefficient (Wildman–Crippen LogP) is 4.51. The zero-order valence-corrected chi connectivity index (χ0v) is 14.6. The first kappa shape index (κ1) is 17.4. The van der Waals surface area contributed by atoms with Crippen molar-refractivity contribution in [1.82, 2.24) is 9.55 Å². The molecule has 6 nitrogen and oxygen atoms in total. The molecule has 28 heavy (non-hydrogen) atoms. The number of rotatable bonds is 3. The Hall–Kier alpha value is -4.00. The molecule has 138 valence electrons. The highest BCUT2D eigenvalue weighted by Crippen LogP contribution is 2.17. The molecule has 0 saturated carbocycles. The van der Waals surface area contributed by atoms with Crippen molar-refractivity contribution in [1.29, 1.82) is 0 Å². The molecular formula is C21H15FN4O2. The van der Waals surface area contributed by atoms with Crippen LogP contribution in [0.2, 0.25) is 0 Å². The maximum Gasteiger partial charge on any atom is 0.323 e. The number of pyridine rings is 1. The Morgan fingerprint density at radius 1 is 0.893 bits per heavy atom. The Labute approximate surface area is 159 Å².